The average Bonchev–Trinajstić information content (AvgIpc) is 3.44. The Morgan fingerprint density at radius 1 is 1.00 bits per heavy atom. The van der Waals surface area contributed by atoms with Crippen LogP contribution in [-0.4, -0.2) is 16.8 Å². The number of amides is 1. The Bertz CT molecular complexity index is 663. The van der Waals surface area contributed by atoms with E-state index >= 15 is 0 Å². The van der Waals surface area contributed by atoms with Gasteiger partial charge in [0.2, 0.25) is 0 Å². The molecule has 2 aromatic carbocycles. The number of aryl methyl sites for hydroxylation is 1. The summed E-state index contributed by atoms with van der Waals surface area (Å²) in [5.41, 5.74) is 9.95. The van der Waals surface area contributed by atoms with E-state index in [9.17, 15) is 4.79 Å². The molecular formula is C20H25ClN2O. The van der Waals surface area contributed by atoms with Crippen LogP contribution in [0.1, 0.15) is 46.8 Å². The summed E-state index contributed by atoms with van der Waals surface area (Å²) in [6.45, 7) is 3.34. The third-order valence-electron chi connectivity index (χ3n) is 4.47. The zero-order valence-electron chi connectivity index (χ0n) is 14.1. The average molecular weight is 345 g/mol. The van der Waals surface area contributed by atoms with Crippen molar-refractivity contribution in [3.63, 3.8) is 0 Å². The molecule has 128 valence electrons. The first kappa shape index (κ1) is 18.5. The van der Waals surface area contributed by atoms with Gasteiger partial charge in [-0.05, 0) is 48.1 Å². The predicted octanol–water partition coefficient (Wildman–Crippen LogP) is 3.93. The molecule has 3 nitrogen and oxygen atoms in total. The molecule has 0 atom stereocenters. The highest BCUT2D eigenvalue weighted by molar-refractivity contribution is 5.94. The van der Waals surface area contributed by atoms with Crippen molar-refractivity contribution in [3.8, 4) is 0 Å². The smallest absolute Gasteiger partial charge is 0.254 e. The van der Waals surface area contributed by atoms with Gasteiger partial charge >= 0.3 is 0 Å². The van der Waals surface area contributed by atoms with Crippen molar-refractivity contribution in [1.82, 2.24) is 4.90 Å². The maximum Gasteiger partial charge on any atom is 0.254 e. The van der Waals surface area contributed by atoms with Gasteiger partial charge in [-0.25, -0.2) is 0 Å². The molecule has 3 rings (SSSR count). The van der Waals surface area contributed by atoms with Crippen molar-refractivity contribution in [2.75, 3.05) is 0 Å². The molecule has 2 N–H and O–H groups in total. The van der Waals surface area contributed by atoms with Crippen molar-refractivity contribution in [2.24, 2.45) is 5.73 Å². The Kier molecular flexibility index (Phi) is 6.41. The summed E-state index contributed by atoms with van der Waals surface area (Å²) < 4.78 is 0. The van der Waals surface area contributed by atoms with E-state index < -0.39 is 0 Å². The van der Waals surface area contributed by atoms with E-state index in [1.807, 2.05) is 29.2 Å². The van der Waals surface area contributed by atoms with E-state index in [4.69, 9.17) is 5.73 Å². The molecule has 0 heterocycles. The lowest BCUT2D eigenvalue weighted by Gasteiger charge is -2.23. The fourth-order valence-electron chi connectivity index (χ4n) is 2.78. The number of carbonyl (C=O) groups is 1. The maximum absolute atomic E-state index is 12.8. The molecule has 0 bridgehead atoms. The van der Waals surface area contributed by atoms with Gasteiger partial charge in [0.25, 0.3) is 5.91 Å². The van der Waals surface area contributed by atoms with E-state index in [0.717, 1.165) is 30.4 Å². The zero-order valence-corrected chi connectivity index (χ0v) is 14.9. The van der Waals surface area contributed by atoms with Crippen LogP contribution in [0.5, 0.6) is 0 Å². The molecule has 0 aromatic heterocycles. The van der Waals surface area contributed by atoms with Crippen molar-refractivity contribution >= 4 is 18.3 Å². The van der Waals surface area contributed by atoms with Gasteiger partial charge in [0.15, 0.2) is 0 Å². The summed E-state index contributed by atoms with van der Waals surface area (Å²) in [5.74, 6) is 0.121. The van der Waals surface area contributed by atoms with E-state index in [0.29, 0.717) is 19.1 Å². The van der Waals surface area contributed by atoms with Crippen LogP contribution in [0, 0.1) is 0 Å². The molecule has 1 amide bonds. The highest BCUT2D eigenvalue weighted by Gasteiger charge is 2.33. The topological polar surface area (TPSA) is 46.3 Å². The van der Waals surface area contributed by atoms with Gasteiger partial charge in [0.1, 0.15) is 0 Å². The Hall–Kier alpha value is -1.84. The lowest BCUT2D eigenvalue weighted by Crippen LogP contribution is -2.32. The first-order chi connectivity index (χ1) is 11.2. The molecule has 0 saturated heterocycles. The van der Waals surface area contributed by atoms with Crippen LogP contribution in [-0.2, 0) is 19.5 Å². The lowest BCUT2D eigenvalue weighted by molar-refractivity contribution is 0.0730. The number of nitrogens with zero attached hydrogens (tertiary/aromatic N) is 1. The fraction of sp³-hybridized carbons (Fsp3) is 0.350. The van der Waals surface area contributed by atoms with Gasteiger partial charge in [0, 0.05) is 24.7 Å². The number of nitrogens with two attached hydrogens (primary N) is 1. The predicted molar refractivity (Wildman–Crippen MR) is 100 cm³/mol. The number of rotatable bonds is 6. The third-order valence-corrected chi connectivity index (χ3v) is 4.47. The summed E-state index contributed by atoms with van der Waals surface area (Å²) in [6, 6.07) is 16.6. The van der Waals surface area contributed by atoms with Gasteiger partial charge in [-0.1, -0.05) is 43.3 Å². The molecule has 0 aliphatic heterocycles. The van der Waals surface area contributed by atoms with Crippen LogP contribution in [0.25, 0.3) is 0 Å². The van der Waals surface area contributed by atoms with Crippen LogP contribution in [0.15, 0.2) is 48.5 Å². The molecule has 1 saturated carbocycles. The minimum Gasteiger partial charge on any atom is -0.331 e. The zero-order chi connectivity index (χ0) is 16.2. The molecule has 0 unspecified atom stereocenters. The Labute approximate surface area is 150 Å². The molecule has 1 aliphatic rings. The van der Waals surface area contributed by atoms with Gasteiger partial charge < -0.3 is 10.6 Å². The van der Waals surface area contributed by atoms with E-state index in [1.165, 1.54) is 11.1 Å². The van der Waals surface area contributed by atoms with E-state index in [2.05, 4.69) is 31.2 Å². The molecule has 0 spiro atoms. The lowest BCUT2D eigenvalue weighted by atomic mass is 10.1. The second-order valence-electron chi connectivity index (χ2n) is 6.24. The molecular weight excluding hydrogens is 320 g/mol. The monoisotopic (exact) mass is 344 g/mol. The minimum absolute atomic E-state index is 0. The van der Waals surface area contributed by atoms with E-state index in [1.54, 1.807) is 0 Å². The first-order valence-corrected chi connectivity index (χ1v) is 8.39. The van der Waals surface area contributed by atoms with Crippen molar-refractivity contribution in [2.45, 2.75) is 45.3 Å². The van der Waals surface area contributed by atoms with Crippen molar-refractivity contribution in [3.05, 3.63) is 70.8 Å². The molecule has 1 fully saturated rings. The van der Waals surface area contributed by atoms with Crippen LogP contribution < -0.4 is 5.73 Å². The number of halogens is 1. The van der Waals surface area contributed by atoms with Crippen LogP contribution in [0.3, 0.4) is 0 Å². The Morgan fingerprint density at radius 2 is 1.54 bits per heavy atom. The molecule has 1 aliphatic carbocycles. The number of carbonyl (C=O) groups excluding carboxylic acids is 1. The van der Waals surface area contributed by atoms with Crippen molar-refractivity contribution < 1.29 is 4.79 Å². The number of benzene rings is 2. The van der Waals surface area contributed by atoms with Gasteiger partial charge in [-0.15, -0.1) is 12.4 Å². The van der Waals surface area contributed by atoms with Crippen LogP contribution in [0.2, 0.25) is 0 Å². The quantitative estimate of drug-likeness (QED) is 0.862. The van der Waals surface area contributed by atoms with Gasteiger partial charge in [-0.2, -0.15) is 0 Å². The summed E-state index contributed by atoms with van der Waals surface area (Å²) in [5, 5.41) is 0. The second-order valence-corrected chi connectivity index (χ2v) is 6.24. The number of hydrogen-bond acceptors (Lipinski definition) is 2. The number of hydrogen-bond donors (Lipinski definition) is 1. The SMILES string of the molecule is CCc1ccc(CN(C(=O)c2ccc(CN)cc2)C2CC2)cc1.Cl. The minimum atomic E-state index is 0. The van der Waals surface area contributed by atoms with Crippen LogP contribution >= 0.6 is 12.4 Å². The normalized spacial score (nSPS) is 13.2. The van der Waals surface area contributed by atoms with Crippen molar-refractivity contribution in [1.29, 1.82) is 0 Å². The first-order valence-electron chi connectivity index (χ1n) is 8.39. The molecule has 24 heavy (non-hydrogen) atoms. The summed E-state index contributed by atoms with van der Waals surface area (Å²) in [6.07, 6.45) is 3.26. The maximum atomic E-state index is 12.8. The highest BCUT2D eigenvalue weighted by atomic mass is 35.5. The standard InChI is InChI=1S/C20H24N2O.ClH/c1-2-15-3-5-17(6-4-15)14-22(19-11-12-19)20(23)18-9-7-16(13-21)8-10-18;/h3-10,19H,2,11-14,21H2,1H3;1H. The fourth-order valence-corrected chi connectivity index (χ4v) is 2.78. The molecule has 4 heteroatoms. The summed E-state index contributed by atoms with van der Waals surface area (Å²) in [7, 11) is 0. The molecule has 0 radical (unpaired) electrons. The molecule has 2 aromatic rings. The Balaban J connectivity index is 0.00000208. The largest absolute Gasteiger partial charge is 0.331 e. The second kappa shape index (κ2) is 8.32. The Morgan fingerprint density at radius 3 is 2.04 bits per heavy atom. The highest BCUT2D eigenvalue weighted by Crippen LogP contribution is 2.30. The van der Waals surface area contributed by atoms with E-state index in [-0.39, 0.29) is 18.3 Å². The third kappa shape index (κ3) is 4.37. The van der Waals surface area contributed by atoms with Crippen LogP contribution in [0.4, 0.5) is 0 Å². The van der Waals surface area contributed by atoms with Gasteiger partial charge in [0.05, 0.1) is 0 Å². The summed E-state index contributed by atoms with van der Waals surface area (Å²) >= 11 is 0. The van der Waals surface area contributed by atoms with Gasteiger partial charge in [-0.3, -0.25) is 4.79 Å². The summed E-state index contributed by atoms with van der Waals surface area (Å²) in [4.78, 5) is 14.9.